The van der Waals surface area contributed by atoms with Crippen molar-refractivity contribution < 1.29 is 14.6 Å². The monoisotopic (exact) mass is 250 g/mol. The van der Waals surface area contributed by atoms with E-state index in [0.29, 0.717) is 6.42 Å². The summed E-state index contributed by atoms with van der Waals surface area (Å²) in [6.07, 6.45) is 9.65. The molecule has 0 heterocycles. The van der Waals surface area contributed by atoms with Gasteiger partial charge in [0.1, 0.15) is 5.60 Å². The molecule has 0 aromatic carbocycles. The summed E-state index contributed by atoms with van der Waals surface area (Å²) >= 11 is 0. The van der Waals surface area contributed by atoms with E-state index in [1.54, 1.807) is 0 Å². The Morgan fingerprint density at radius 2 is 2.11 bits per heavy atom. The van der Waals surface area contributed by atoms with E-state index in [0.717, 1.165) is 19.3 Å². The average Bonchev–Trinajstić information content (AvgIpc) is 2.95. The normalized spacial score (nSPS) is 40.3. The van der Waals surface area contributed by atoms with Gasteiger partial charge in [-0.1, -0.05) is 12.2 Å². The van der Waals surface area contributed by atoms with Crippen molar-refractivity contribution in [3.05, 3.63) is 12.2 Å². The van der Waals surface area contributed by atoms with Crippen LogP contribution in [0.2, 0.25) is 0 Å². The van der Waals surface area contributed by atoms with Crippen LogP contribution in [0.4, 0.5) is 0 Å². The summed E-state index contributed by atoms with van der Waals surface area (Å²) in [4.78, 5) is 12.0. The summed E-state index contributed by atoms with van der Waals surface area (Å²) in [5, 5.41) is 9.93. The molecular formula is C15H22O3. The van der Waals surface area contributed by atoms with Crippen LogP contribution < -0.4 is 0 Å². The molecule has 3 aliphatic carbocycles. The van der Waals surface area contributed by atoms with Crippen LogP contribution in [0.25, 0.3) is 0 Å². The Labute approximate surface area is 108 Å². The standard InChI is InChI=1S/C15H22O3/c1-15(6-2-3-7-15)18-13(16)9-11-8-10-4-5-12(11)14(10)17/h4-5,10-12,14,17H,2-3,6-9H2,1H3. The minimum absolute atomic E-state index is 0.0717. The molecule has 4 atom stereocenters. The molecule has 2 saturated carbocycles. The summed E-state index contributed by atoms with van der Waals surface area (Å²) < 4.78 is 5.66. The van der Waals surface area contributed by atoms with Crippen molar-refractivity contribution >= 4 is 5.97 Å². The summed E-state index contributed by atoms with van der Waals surface area (Å²) in [6.45, 7) is 2.05. The number of aliphatic hydroxyl groups is 1. The van der Waals surface area contributed by atoms with Crippen molar-refractivity contribution in [2.45, 2.75) is 57.2 Å². The van der Waals surface area contributed by atoms with E-state index in [2.05, 4.69) is 12.2 Å². The van der Waals surface area contributed by atoms with E-state index in [1.165, 1.54) is 12.8 Å². The van der Waals surface area contributed by atoms with Gasteiger partial charge in [0.25, 0.3) is 0 Å². The number of hydrogen-bond acceptors (Lipinski definition) is 3. The van der Waals surface area contributed by atoms with Crippen LogP contribution in [0.3, 0.4) is 0 Å². The van der Waals surface area contributed by atoms with Crippen LogP contribution in [0, 0.1) is 17.8 Å². The Morgan fingerprint density at radius 1 is 1.39 bits per heavy atom. The third kappa shape index (κ3) is 2.09. The van der Waals surface area contributed by atoms with Gasteiger partial charge in [-0.3, -0.25) is 4.79 Å². The molecule has 3 nitrogen and oxygen atoms in total. The predicted octanol–water partition coefficient (Wildman–Crippen LogP) is 2.44. The van der Waals surface area contributed by atoms with Crippen LogP contribution in [-0.2, 0) is 9.53 Å². The van der Waals surface area contributed by atoms with Gasteiger partial charge in [0.05, 0.1) is 6.10 Å². The van der Waals surface area contributed by atoms with Gasteiger partial charge in [0.15, 0.2) is 0 Å². The topological polar surface area (TPSA) is 46.5 Å². The molecule has 1 N–H and O–H groups in total. The smallest absolute Gasteiger partial charge is 0.306 e. The Morgan fingerprint density at radius 3 is 2.67 bits per heavy atom. The first-order chi connectivity index (χ1) is 8.57. The Kier molecular flexibility index (Phi) is 2.97. The molecule has 3 aliphatic rings. The van der Waals surface area contributed by atoms with Crippen molar-refractivity contribution in [3.63, 3.8) is 0 Å². The molecule has 0 spiro atoms. The number of esters is 1. The zero-order valence-corrected chi connectivity index (χ0v) is 11.0. The van der Waals surface area contributed by atoms with Gasteiger partial charge in [-0.25, -0.2) is 0 Å². The first-order valence-electron chi connectivity index (χ1n) is 7.16. The first kappa shape index (κ1) is 12.2. The molecule has 3 heteroatoms. The maximum atomic E-state index is 12.0. The largest absolute Gasteiger partial charge is 0.459 e. The number of fused-ring (bicyclic) bond motifs is 2. The molecule has 3 rings (SSSR count). The number of carbonyl (C=O) groups is 1. The van der Waals surface area contributed by atoms with Crippen molar-refractivity contribution in [1.29, 1.82) is 0 Å². The van der Waals surface area contributed by atoms with E-state index in [9.17, 15) is 9.90 Å². The van der Waals surface area contributed by atoms with E-state index >= 15 is 0 Å². The Bertz CT molecular complexity index is 368. The minimum Gasteiger partial charge on any atom is -0.459 e. The fourth-order valence-electron chi connectivity index (χ4n) is 3.92. The molecule has 2 fully saturated rings. The Balaban J connectivity index is 1.54. The quantitative estimate of drug-likeness (QED) is 0.618. The second-order valence-electron chi connectivity index (χ2n) is 6.45. The van der Waals surface area contributed by atoms with Gasteiger partial charge < -0.3 is 9.84 Å². The minimum atomic E-state index is -0.259. The molecule has 0 amide bonds. The number of hydrogen-bond donors (Lipinski definition) is 1. The molecule has 100 valence electrons. The van der Waals surface area contributed by atoms with Crippen LogP contribution in [-0.4, -0.2) is 22.8 Å². The number of rotatable bonds is 3. The van der Waals surface area contributed by atoms with Crippen molar-refractivity contribution in [3.8, 4) is 0 Å². The van der Waals surface area contributed by atoms with Crippen LogP contribution in [0.1, 0.15) is 45.4 Å². The maximum absolute atomic E-state index is 12.0. The lowest BCUT2D eigenvalue weighted by atomic mass is 9.90. The summed E-state index contributed by atoms with van der Waals surface area (Å²) in [5.74, 6) is 0.666. The number of carbonyl (C=O) groups excluding carboxylic acids is 1. The van der Waals surface area contributed by atoms with Crippen LogP contribution in [0.5, 0.6) is 0 Å². The molecule has 0 aliphatic heterocycles. The third-order valence-electron chi connectivity index (χ3n) is 4.98. The molecule has 4 unspecified atom stereocenters. The summed E-state index contributed by atoms with van der Waals surface area (Å²) in [7, 11) is 0. The highest BCUT2D eigenvalue weighted by Crippen LogP contribution is 2.45. The van der Waals surface area contributed by atoms with Crippen molar-refractivity contribution in [1.82, 2.24) is 0 Å². The van der Waals surface area contributed by atoms with Gasteiger partial charge in [0.2, 0.25) is 0 Å². The van der Waals surface area contributed by atoms with Crippen LogP contribution >= 0.6 is 0 Å². The molecule has 0 aromatic heterocycles. The molecule has 0 aromatic rings. The second-order valence-corrected chi connectivity index (χ2v) is 6.45. The molecule has 2 bridgehead atoms. The van der Waals surface area contributed by atoms with E-state index < -0.39 is 0 Å². The van der Waals surface area contributed by atoms with Gasteiger partial charge >= 0.3 is 5.97 Å². The lowest BCUT2D eigenvalue weighted by Crippen LogP contribution is -2.29. The SMILES string of the molecule is CC1(OC(=O)CC2CC3C=CC2C3O)CCCC1. The predicted molar refractivity (Wildman–Crippen MR) is 67.8 cm³/mol. The fourth-order valence-corrected chi connectivity index (χ4v) is 3.92. The number of ether oxygens (including phenoxy) is 1. The van der Waals surface area contributed by atoms with Gasteiger partial charge in [0, 0.05) is 18.3 Å². The molecular weight excluding hydrogens is 228 g/mol. The van der Waals surface area contributed by atoms with Gasteiger partial charge in [-0.15, -0.1) is 0 Å². The zero-order valence-electron chi connectivity index (χ0n) is 11.0. The van der Waals surface area contributed by atoms with Crippen molar-refractivity contribution in [2.75, 3.05) is 0 Å². The van der Waals surface area contributed by atoms with Crippen molar-refractivity contribution in [2.24, 2.45) is 17.8 Å². The van der Waals surface area contributed by atoms with E-state index in [-0.39, 0.29) is 35.4 Å². The maximum Gasteiger partial charge on any atom is 0.306 e. The second kappa shape index (κ2) is 4.37. The first-order valence-corrected chi connectivity index (χ1v) is 7.16. The lowest BCUT2D eigenvalue weighted by Gasteiger charge is -2.26. The van der Waals surface area contributed by atoms with Gasteiger partial charge in [-0.05, 0) is 44.9 Å². The zero-order chi connectivity index (χ0) is 12.8. The third-order valence-corrected chi connectivity index (χ3v) is 4.98. The highest BCUT2D eigenvalue weighted by atomic mass is 16.6. The van der Waals surface area contributed by atoms with E-state index in [4.69, 9.17) is 4.74 Å². The summed E-state index contributed by atoms with van der Waals surface area (Å²) in [5.41, 5.74) is -0.219. The lowest BCUT2D eigenvalue weighted by molar-refractivity contribution is -0.158. The number of aliphatic hydroxyl groups excluding tert-OH is 1. The summed E-state index contributed by atoms with van der Waals surface area (Å²) in [6, 6.07) is 0. The fraction of sp³-hybridized carbons (Fsp3) is 0.800. The van der Waals surface area contributed by atoms with Crippen LogP contribution in [0.15, 0.2) is 12.2 Å². The Hall–Kier alpha value is -0.830. The van der Waals surface area contributed by atoms with Gasteiger partial charge in [-0.2, -0.15) is 0 Å². The molecule has 18 heavy (non-hydrogen) atoms. The highest BCUT2D eigenvalue weighted by molar-refractivity contribution is 5.70. The molecule has 0 saturated heterocycles. The average molecular weight is 250 g/mol. The van der Waals surface area contributed by atoms with E-state index in [1.807, 2.05) is 6.92 Å². The molecule has 0 radical (unpaired) electrons. The highest BCUT2D eigenvalue weighted by Gasteiger charge is 2.45.